The van der Waals surface area contributed by atoms with Crippen molar-refractivity contribution in [2.75, 3.05) is 12.8 Å². The first-order chi connectivity index (χ1) is 9.04. The average Bonchev–Trinajstić information content (AvgIpc) is 2.35. The van der Waals surface area contributed by atoms with E-state index in [1.165, 1.54) is 6.26 Å². The molecule has 0 aliphatic heterocycles. The zero-order valence-corrected chi connectivity index (χ0v) is 13.4. The molecule has 0 bridgehead atoms. The maximum absolute atomic E-state index is 11.9. The van der Waals surface area contributed by atoms with Gasteiger partial charge in [0, 0.05) is 28.9 Å². The summed E-state index contributed by atoms with van der Waals surface area (Å²) in [7, 11) is -8.77. The van der Waals surface area contributed by atoms with Crippen molar-refractivity contribution in [3.63, 3.8) is 0 Å². The highest BCUT2D eigenvalue weighted by molar-refractivity contribution is 7.90. The fraction of sp³-hybridized carbons (Fsp3) is 0.400. The van der Waals surface area contributed by atoms with E-state index in [1.807, 2.05) is 0 Å². The quantitative estimate of drug-likeness (QED) is 0.714. The van der Waals surface area contributed by atoms with Gasteiger partial charge in [-0.25, -0.2) is 26.7 Å². The number of nitrogens with one attached hydrogen (secondary N) is 1. The van der Waals surface area contributed by atoms with Crippen LogP contribution >= 0.6 is 0 Å². The first-order valence-corrected chi connectivity index (χ1v) is 10.1. The van der Waals surface area contributed by atoms with Crippen molar-refractivity contribution in [3.05, 3.63) is 24.3 Å². The number of rotatable bonds is 6. The molecule has 10 heteroatoms. The standard InChI is InChI=1S/C10H16N2O5S3/c1-8(18(2)13)7-12-20(16,17)10-5-3-9(4-6-10)19(11,14)15/h3-6,8,12H,7H2,1-2H3,(H2,11,14,15). The summed E-state index contributed by atoms with van der Waals surface area (Å²) in [6, 6.07) is 4.53. The molecule has 0 aromatic heterocycles. The summed E-state index contributed by atoms with van der Waals surface area (Å²) in [5, 5.41) is 4.60. The molecule has 0 radical (unpaired) electrons. The molecule has 1 aromatic rings. The van der Waals surface area contributed by atoms with Crippen LogP contribution in [0.4, 0.5) is 0 Å². The lowest BCUT2D eigenvalue weighted by molar-refractivity contribution is 0.579. The van der Waals surface area contributed by atoms with Crippen LogP contribution in [0.1, 0.15) is 6.92 Å². The molecular formula is C10H16N2O5S3. The zero-order chi connectivity index (χ0) is 15.6. The summed E-state index contributed by atoms with van der Waals surface area (Å²) in [6.07, 6.45) is 1.49. The molecule has 0 amide bonds. The van der Waals surface area contributed by atoms with E-state index in [1.54, 1.807) is 6.92 Å². The molecule has 0 aliphatic carbocycles. The number of hydrogen-bond acceptors (Lipinski definition) is 5. The predicted octanol–water partition coefficient (Wildman–Crippen LogP) is -0.621. The molecule has 7 nitrogen and oxygen atoms in total. The molecule has 3 N–H and O–H groups in total. The molecule has 0 aliphatic rings. The van der Waals surface area contributed by atoms with Crippen molar-refractivity contribution in [2.45, 2.75) is 22.0 Å². The lowest BCUT2D eigenvalue weighted by Crippen LogP contribution is -2.32. The van der Waals surface area contributed by atoms with E-state index in [-0.39, 0.29) is 21.6 Å². The van der Waals surface area contributed by atoms with Gasteiger partial charge in [-0.05, 0) is 31.2 Å². The molecule has 1 rings (SSSR count). The van der Waals surface area contributed by atoms with Crippen LogP contribution in [0.25, 0.3) is 0 Å². The first kappa shape index (κ1) is 17.2. The Kier molecular flexibility index (Phi) is 5.44. The van der Waals surface area contributed by atoms with Crippen LogP contribution in [0.2, 0.25) is 0 Å². The van der Waals surface area contributed by atoms with Crippen LogP contribution < -0.4 is 9.86 Å². The minimum atomic E-state index is -3.86. The average molecular weight is 340 g/mol. The maximum atomic E-state index is 11.9. The van der Waals surface area contributed by atoms with Gasteiger partial charge in [0.2, 0.25) is 20.0 Å². The number of nitrogens with two attached hydrogens (primary N) is 1. The van der Waals surface area contributed by atoms with Crippen molar-refractivity contribution in [1.82, 2.24) is 4.72 Å². The Labute approximate surface area is 121 Å². The Hall–Kier alpha value is -0.810. The smallest absolute Gasteiger partial charge is 0.240 e. The maximum Gasteiger partial charge on any atom is 0.240 e. The van der Waals surface area contributed by atoms with E-state index < -0.39 is 30.8 Å². The Morgan fingerprint density at radius 1 is 1.15 bits per heavy atom. The van der Waals surface area contributed by atoms with Crippen molar-refractivity contribution >= 4 is 30.8 Å². The van der Waals surface area contributed by atoms with Gasteiger partial charge in [-0.15, -0.1) is 0 Å². The normalized spacial score (nSPS) is 15.8. The Morgan fingerprint density at radius 2 is 1.60 bits per heavy atom. The van der Waals surface area contributed by atoms with Gasteiger partial charge >= 0.3 is 0 Å². The van der Waals surface area contributed by atoms with Gasteiger partial charge in [0.1, 0.15) is 0 Å². The molecule has 0 heterocycles. The van der Waals surface area contributed by atoms with Crippen LogP contribution in [0.3, 0.4) is 0 Å². The highest BCUT2D eigenvalue weighted by Gasteiger charge is 2.17. The van der Waals surface area contributed by atoms with E-state index in [0.29, 0.717) is 0 Å². The molecule has 0 saturated heterocycles. The summed E-state index contributed by atoms with van der Waals surface area (Å²) in [5.41, 5.74) is 0. The second-order valence-electron chi connectivity index (χ2n) is 4.18. The molecule has 0 saturated carbocycles. The second-order valence-corrected chi connectivity index (χ2v) is 9.31. The minimum absolute atomic E-state index is 0.0301. The van der Waals surface area contributed by atoms with Gasteiger partial charge < -0.3 is 0 Å². The molecule has 2 unspecified atom stereocenters. The molecular weight excluding hydrogens is 324 g/mol. The predicted molar refractivity (Wildman–Crippen MR) is 76.5 cm³/mol. The molecule has 0 spiro atoms. The Balaban J connectivity index is 2.91. The number of primary sulfonamides is 1. The van der Waals surface area contributed by atoms with Crippen molar-refractivity contribution in [2.24, 2.45) is 5.14 Å². The van der Waals surface area contributed by atoms with Crippen molar-refractivity contribution < 1.29 is 21.0 Å². The Bertz CT molecular complexity index is 695. The summed E-state index contributed by atoms with van der Waals surface area (Å²) in [4.78, 5) is -0.251. The van der Waals surface area contributed by atoms with Gasteiger partial charge in [0.25, 0.3) is 0 Å². The van der Waals surface area contributed by atoms with E-state index in [0.717, 1.165) is 24.3 Å². The van der Waals surface area contributed by atoms with E-state index in [2.05, 4.69) is 4.72 Å². The highest BCUT2D eigenvalue weighted by Crippen LogP contribution is 2.13. The largest absolute Gasteiger partial charge is 0.260 e. The number of sulfonamides is 2. The van der Waals surface area contributed by atoms with Gasteiger partial charge in [-0.2, -0.15) is 0 Å². The summed E-state index contributed by atoms with van der Waals surface area (Å²) >= 11 is 0. The third-order valence-electron chi connectivity index (χ3n) is 2.59. The number of benzene rings is 1. The van der Waals surface area contributed by atoms with Gasteiger partial charge in [-0.1, -0.05) is 0 Å². The monoisotopic (exact) mass is 340 g/mol. The second kappa shape index (κ2) is 6.31. The zero-order valence-electron chi connectivity index (χ0n) is 10.9. The van der Waals surface area contributed by atoms with Crippen molar-refractivity contribution in [3.8, 4) is 0 Å². The summed E-state index contributed by atoms with van der Waals surface area (Å²) < 4.78 is 59.4. The van der Waals surface area contributed by atoms with Crippen LogP contribution in [0.15, 0.2) is 34.1 Å². The molecule has 1 aromatic carbocycles. The fourth-order valence-corrected chi connectivity index (χ4v) is 3.31. The van der Waals surface area contributed by atoms with Crippen LogP contribution in [0.5, 0.6) is 0 Å². The molecule has 114 valence electrons. The van der Waals surface area contributed by atoms with E-state index in [9.17, 15) is 21.0 Å². The third kappa shape index (κ3) is 4.63. The molecule has 2 atom stereocenters. The van der Waals surface area contributed by atoms with Crippen LogP contribution in [-0.2, 0) is 30.8 Å². The third-order valence-corrected chi connectivity index (χ3v) is 6.26. The van der Waals surface area contributed by atoms with Crippen LogP contribution in [0, 0.1) is 0 Å². The Morgan fingerprint density at radius 3 is 2.00 bits per heavy atom. The summed E-state index contributed by atoms with van der Waals surface area (Å²) in [5.74, 6) is 0. The highest BCUT2D eigenvalue weighted by atomic mass is 32.2. The van der Waals surface area contributed by atoms with E-state index in [4.69, 9.17) is 5.14 Å². The fourth-order valence-electron chi connectivity index (χ4n) is 1.24. The lowest BCUT2D eigenvalue weighted by Gasteiger charge is -2.10. The summed E-state index contributed by atoms with van der Waals surface area (Å²) in [6.45, 7) is 1.69. The van der Waals surface area contributed by atoms with Crippen LogP contribution in [-0.4, -0.2) is 39.1 Å². The van der Waals surface area contributed by atoms with Crippen molar-refractivity contribution in [1.29, 1.82) is 0 Å². The van der Waals surface area contributed by atoms with Gasteiger partial charge in [0.05, 0.1) is 9.79 Å². The van der Waals surface area contributed by atoms with E-state index >= 15 is 0 Å². The minimum Gasteiger partial charge on any atom is -0.260 e. The van der Waals surface area contributed by atoms with Gasteiger partial charge in [0.15, 0.2) is 0 Å². The molecule has 0 fully saturated rings. The topological polar surface area (TPSA) is 123 Å². The van der Waals surface area contributed by atoms with Gasteiger partial charge in [-0.3, -0.25) is 4.21 Å². The first-order valence-electron chi connectivity index (χ1n) is 5.49. The lowest BCUT2D eigenvalue weighted by atomic mass is 10.4. The number of hydrogen-bond donors (Lipinski definition) is 2. The molecule has 20 heavy (non-hydrogen) atoms. The SMILES string of the molecule is CC(CNS(=O)(=O)c1ccc(S(N)(=O)=O)cc1)S(C)=O.